The van der Waals surface area contributed by atoms with E-state index in [1.54, 1.807) is 21.3 Å². The van der Waals surface area contributed by atoms with Gasteiger partial charge in [0.15, 0.2) is 11.5 Å². The molecule has 0 spiro atoms. The Morgan fingerprint density at radius 1 is 0.900 bits per heavy atom. The van der Waals surface area contributed by atoms with Crippen molar-refractivity contribution in [1.82, 2.24) is 5.32 Å². The zero-order chi connectivity index (χ0) is 15.1. The lowest BCUT2D eigenvalue weighted by molar-refractivity contribution is 0.326. The molecule has 0 aliphatic carbocycles. The van der Waals surface area contributed by atoms with E-state index in [4.69, 9.17) is 14.2 Å². The zero-order valence-corrected chi connectivity index (χ0v) is 13.4. The van der Waals surface area contributed by atoms with Gasteiger partial charge in [-0.25, -0.2) is 0 Å². The molecular formula is C16H27NO3. The van der Waals surface area contributed by atoms with E-state index < -0.39 is 0 Å². The summed E-state index contributed by atoms with van der Waals surface area (Å²) in [5.74, 6) is 2.79. The highest BCUT2D eigenvalue weighted by Gasteiger charge is 2.24. The molecule has 4 heteroatoms. The smallest absolute Gasteiger partial charge is 0.164 e. The summed E-state index contributed by atoms with van der Waals surface area (Å²) >= 11 is 0. The number of benzene rings is 1. The van der Waals surface area contributed by atoms with Crippen molar-refractivity contribution in [3.8, 4) is 17.2 Å². The molecule has 0 saturated heterocycles. The van der Waals surface area contributed by atoms with Gasteiger partial charge in [0, 0.05) is 17.7 Å². The maximum absolute atomic E-state index is 5.53. The number of rotatable bonds is 8. The number of methoxy groups -OCH3 is 3. The van der Waals surface area contributed by atoms with Gasteiger partial charge in [-0.1, -0.05) is 26.7 Å². The number of ether oxygens (including phenoxy) is 3. The lowest BCUT2D eigenvalue weighted by atomic mass is 9.88. The first-order chi connectivity index (χ1) is 9.66. The van der Waals surface area contributed by atoms with Gasteiger partial charge in [0.1, 0.15) is 5.75 Å². The van der Waals surface area contributed by atoms with Gasteiger partial charge in [-0.05, 0) is 19.0 Å². The highest BCUT2D eigenvalue weighted by atomic mass is 16.5. The average Bonchev–Trinajstić information content (AvgIpc) is 2.51. The zero-order valence-electron chi connectivity index (χ0n) is 13.4. The second-order valence-electron chi connectivity index (χ2n) is 4.79. The minimum atomic E-state index is 0.236. The topological polar surface area (TPSA) is 39.7 Å². The molecule has 1 aromatic carbocycles. The fourth-order valence-corrected chi connectivity index (χ4v) is 2.70. The molecule has 1 N–H and O–H groups in total. The van der Waals surface area contributed by atoms with Crippen molar-refractivity contribution in [2.45, 2.75) is 32.7 Å². The van der Waals surface area contributed by atoms with Crippen LogP contribution in [0.15, 0.2) is 12.1 Å². The first kappa shape index (κ1) is 16.6. The van der Waals surface area contributed by atoms with E-state index in [2.05, 4.69) is 19.2 Å². The molecule has 0 amide bonds. The normalized spacial score (nSPS) is 12.3. The summed E-state index contributed by atoms with van der Waals surface area (Å²) in [6.07, 6.45) is 2.22. The van der Waals surface area contributed by atoms with E-state index in [0.29, 0.717) is 11.7 Å². The second kappa shape index (κ2) is 8.00. The summed E-state index contributed by atoms with van der Waals surface area (Å²) < 4.78 is 16.3. The third-order valence-electron chi connectivity index (χ3n) is 3.90. The monoisotopic (exact) mass is 281 g/mol. The van der Waals surface area contributed by atoms with Crippen LogP contribution in [0.1, 0.15) is 38.3 Å². The summed E-state index contributed by atoms with van der Waals surface area (Å²) in [5.41, 5.74) is 1.11. The maximum atomic E-state index is 5.53. The molecular weight excluding hydrogens is 254 g/mol. The van der Waals surface area contributed by atoms with Gasteiger partial charge < -0.3 is 19.5 Å². The Bertz CT molecular complexity index is 416. The van der Waals surface area contributed by atoms with Crippen LogP contribution < -0.4 is 19.5 Å². The van der Waals surface area contributed by atoms with Crippen molar-refractivity contribution in [3.63, 3.8) is 0 Å². The average molecular weight is 281 g/mol. The number of hydrogen-bond acceptors (Lipinski definition) is 4. The van der Waals surface area contributed by atoms with Crippen LogP contribution in [0.4, 0.5) is 0 Å². The van der Waals surface area contributed by atoms with Gasteiger partial charge >= 0.3 is 0 Å². The van der Waals surface area contributed by atoms with Crippen LogP contribution in [0, 0.1) is 5.92 Å². The van der Waals surface area contributed by atoms with Crippen LogP contribution in [0.25, 0.3) is 0 Å². The summed E-state index contributed by atoms with van der Waals surface area (Å²) in [7, 11) is 6.95. The molecule has 1 atom stereocenters. The van der Waals surface area contributed by atoms with Crippen LogP contribution in [-0.4, -0.2) is 28.4 Å². The third kappa shape index (κ3) is 3.37. The van der Waals surface area contributed by atoms with Gasteiger partial charge in [0.2, 0.25) is 0 Å². The molecule has 1 rings (SSSR count). The first-order valence-electron chi connectivity index (χ1n) is 7.13. The summed E-state index contributed by atoms with van der Waals surface area (Å²) in [4.78, 5) is 0. The molecule has 0 aliphatic heterocycles. The first-order valence-corrected chi connectivity index (χ1v) is 7.13. The highest BCUT2D eigenvalue weighted by molar-refractivity contribution is 5.52. The SMILES string of the molecule is CCC(CC)C(NC)c1cc(OC)c(OC)cc1OC. The van der Waals surface area contributed by atoms with E-state index >= 15 is 0 Å². The lowest BCUT2D eigenvalue weighted by Crippen LogP contribution is -2.25. The van der Waals surface area contributed by atoms with Crippen LogP contribution in [0.5, 0.6) is 17.2 Å². The third-order valence-corrected chi connectivity index (χ3v) is 3.90. The highest BCUT2D eigenvalue weighted by Crippen LogP contribution is 2.40. The van der Waals surface area contributed by atoms with Crippen molar-refractivity contribution >= 4 is 0 Å². The van der Waals surface area contributed by atoms with Gasteiger partial charge in [-0.15, -0.1) is 0 Å². The molecule has 4 nitrogen and oxygen atoms in total. The molecule has 1 unspecified atom stereocenters. The molecule has 0 aliphatic rings. The number of nitrogens with one attached hydrogen (secondary N) is 1. The Labute approximate surface area is 122 Å². The van der Waals surface area contributed by atoms with E-state index in [0.717, 1.165) is 29.9 Å². The Balaban J connectivity index is 3.32. The molecule has 0 bridgehead atoms. The molecule has 114 valence electrons. The van der Waals surface area contributed by atoms with E-state index in [9.17, 15) is 0 Å². The predicted molar refractivity (Wildman–Crippen MR) is 82.0 cm³/mol. The molecule has 0 saturated carbocycles. The van der Waals surface area contributed by atoms with Gasteiger partial charge in [0.05, 0.1) is 21.3 Å². The minimum absolute atomic E-state index is 0.236. The largest absolute Gasteiger partial charge is 0.496 e. The quantitative estimate of drug-likeness (QED) is 0.792. The summed E-state index contributed by atoms with van der Waals surface area (Å²) in [5, 5.41) is 3.41. The van der Waals surface area contributed by atoms with Crippen LogP contribution in [0.2, 0.25) is 0 Å². The van der Waals surface area contributed by atoms with Crippen LogP contribution in [-0.2, 0) is 0 Å². The molecule has 0 aromatic heterocycles. The van der Waals surface area contributed by atoms with Gasteiger partial charge in [-0.2, -0.15) is 0 Å². The fraction of sp³-hybridized carbons (Fsp3) is 0.625. The lowest BCUT2D eigenvalue weighted by Gasteiger charge is -2.27. The second-order valence-corrected chi connectivity index (χ2v) is 4.79. The Morgan fingerprint density at radius 2 is 1.40 bits per heavy atom. The van der Waals surface area contributed by atoms with Crippen molar-refractivity contribution < 1.29 is 14.2 Å². The molecule has 0 radical (unpaired) electrons. The maximum Gasteiger partial charge on any atom is 0.164 e. The van der Waals surface area contributed by atoms with E-state index in [1.807, 2.05) is 19.2 Å². The van der Waals surface area contributed by atoms with E-state index in [1.165, 1.54) is 0 Å². The van der Waals surface area contributed by atoms with E-state index in [-0.39, 0.29) is 6.04 Å². The summed E-state index contributed by atoms with van der Waals surface area (Å²) in [6.45, 7) is 4.43. The predicted octanol–water partition coefficient (Wildman–Crippen LogP) is 3.41. The standard InChI is InChI=1S/C16H27NO3/c1-7-11(8-2)16(17-3)12-9-14(19-5)15(20-6)10-13(12)18-4/h9-11,16-17H,7-8H2,1-6H3. The molecule has 0 fully saturated rings. The van der Waals surface area contributed by atoms with Crippen molar-refractivity contribution in [2.24, 2.45) is 5.92 Å². The molecule has 20 heavy (non-hydrogen) atoms. The van der Waals surface area contributed by atoms with Crippen molar-refractivity contribution in [3.05, 3.63) is 17.7 Å². The Hall–Kier alpha value is -1.42. The summed E-state index contributed by atoms with van der Waals surface area (Å²) in [6, 6.07) is 4.14. The fourth-order valence-electron chi connectivity index (χ4n) is 2.70. The van der Waals surface area contributed by atoms with Crippen molar-refractivity contribution in [2.75, 3.05) is 28.4 Å². The minimum Gasteiger partial charge on any atom is -0.496 e. The number of hydrogen-bond donors (Lipinski definition) is 1. The van der Waals surface area contributed by atoms with Gasteiger partial charge in [-0.3, -0.25) is 0 Å². The Morgan fingerprint density at radius 3 is 1.80 bits per heavy atom. The Kier molecular flexibility index (Phi) is 6.65. The molecule has 1 aromatic rings. The van der Waals surface area contributed by atoms with Crippen molar-refractivity contribution in [1.29, 1.82) is 0 Å². The van der Waals surface area contributed by atoms with Crippen LogP contribution in [0.3, 0.4) is 0 Å². The van der Waals surface area contributed by atoms with Crippen LogP contribution >= 0.6 is 0 Å². The van der Waals surface area contributed by atoms with Gasteiger partial charge in [0.25, 0.3) is 0 Å². The molecule has 0 heterocycles.